The molecule has 0 radical (unpaired) electrons. The second-order valence-electron chi connectivity index (χ2n) is 10.9. The molecule has 7 atom stereocenters. The van der Waals surface area contributed by atoms with Gasteiger partial charge in [-0.1, -0.05) is 26.8 Å². The fourth-order valence-electron chi connectivity index (χ4n) is 6.92. The van der Waals surface area contributed by atoms with Crippen LogP contribution < -0.4 is 15.8 Å². The first-order valence-corrected chi connectivity index (χ1v) is 13.3. The van der Waals surface area contributed by atoms with Gasteiger partial charge in [0.25, 0.3) is 0 Å². The zero-order chi connectivity index (χ0) is 25.3. The Morgan fingerprint density at radius 1 is 1.11 bits per heavy atom. The van der Waals surface area contributed by atoms with Crippen molar-refractivity contribution < 1.29 is 23.9 Å². The molecular formula is C28H40N2O5. The molecule has 7 nitrogen and oxygen atoms in total. The lowest BCUT2D eigenvalue weighted by molar-refractivity contribution is -0.161. The standard InChI is InChI=1S/C28H40N2O5/c1-5-23(29)26(32)34-18-8-10-19-17(15-18)7-9-21-20(19)13-14-28(4)22(21)11-12-25(28)35-27(33)24(6-2)30-16(3)31/h8,10,15,20-25H,5-7,9,11-14,29H2,1-4H3,(H,30,31)/t20?,21?,22?,23?,24?,25-,28-/m0/s1. The van der Waals surface area contributed by atoms with Crippen molar-refractivity contribution in [3.63, 3.8) is 0 Å². The molecule has 0 saturated heterocycles. The van der Waals surface area contributed by atoms with Crippen LogP contribution in [0.5, 0.6) is 5.75 Å². The second-order valence-corrected chi connectivity index (χ2v) is 10.9. The summed E-state index contributed by atoms with van der Waals surface area (Å²) in [7, 11) is 0. The molecule has 192 valence electrons. The van der Waals surface area contributed by atoms with Crippen molar-refractivity contribution >= 4 is 17.8 Å². The normalized spacial score (nSPS) is 30.8. The lowest BCUT2D eigenvalue weighted by Gasteiger charge is -2.50. The predicted molar refractivity (Wildman–Crippen MR) is 133 cm³/mol. The number of amides is 1. The number of hydrogen-bond acceptors (Lipinski definition) is 6. The topological polar surface area (TPSA) is 108 Å². The van der Waals surface area contributed by atoms with E-state index in [1.54, 1.807) is 0 Å². The largest absolute Gasteiger partial charge is 0.460 e. The average molecular weight is 485 g/mol. The van der Waals surface area contributed by atoms with Gasteiger partial charge in [-0.3, -0.25) is 4.79 Å². The van der Waals surface area contributed by atoms with E-state index in [2.05, 4.69) is 18.3 Å². The van der Waals surface area contributed by atoms with E-state index in [1.165, 1.54) is 18.1 Å². The molecule has 3 N–H and O–H groups in total. The highest BCUT2D eigenvalue weighted by molar-refractivity contribution is 5.83. The van der Waals surface area contributed by atoms with Gasteiger partial charge in [-0.05, 0) is 92.4 Å². The molecule has 0 heterocycles. The van der Waals surface area contributed by atoms with Gasteiger partial charge in [-0.2, -0.15) is 0 Å². The number of ether oxygens (including phenoxy) is 2. The number of esters is 2. The highest BCUT2D eigenvalue weighted by Gasteiger charge is 2.56. The molecule has 0 bridgehead atoms. The lowest BCUT2D eigenvalue weighted by atomic mass is 9.55. The van der Waals surface area contributed by atoms with E-state index in [0.29, 0.717) is 36.3 Å². The maximum Gasteiger partial charge on any atom is 0.328 e. The zero-order valence-electron chi connectivity index (χ0n) is 21.5. The Balaban J connectivity index is 1.46. The van der Waals surface area contributed by atoms with Gasteiger partial charge in [0.15, 0.2) is 0 Å². The Morgan fingerprint density at radius 2 is 1.89 bits per heavy atom. The van der Waals surface area contributed by atoms with E-state index in [-0.39, 0.29) is 29.4 Å². The highest BCUT2D eigenvalue weighted by atomic mass is 16.5. The number of rotatable bonds is 7. The van der Waals surface area contributed by atoms with Gasteiger partial charge in [0.05, 0.1) is 0 Å². The SMILES string of the molecule is CCC(N)C(=O)Oc1ccc2c(c1)CCC1C2CC[C@@]2(C)C1CC[C@@H]2OC(=O)C(CC)NC(C)=O. The summed E-state index contributed by atoms with van der Waals surface area (Å²) in [6, 6.07) is 4.89. The van der Waals surface area contributed by atoms with E-state index in [0.717, 1.165) is 38.5 Å². The first kappa shape index (κ1) is 25.7. The van der Waals surface area contributed by atoms with Crippen LogP contribution in [0.2, 0.25) is 0 Å². The van der Waals surface area contributed by atoms with Crippen molar-refractivity contribution in [2.75, 3.05) is 0 Å². The molecule has 0 spiro atoms. The summed E-state index contributed by atoms with van der Waals surface area (Å²) in [6.07, 6.45) is 7.03. The van der Waals surface area contributed by atoms with Gasteiger partial charge in [0, 0.05) is 12.3 Å². The van der Waals surface area contributed by atoms with Crippen LogP contribution in [0.1, 0.15) is 89.7 Å². The predicted octanol–water partition coefficient (Wildman–Crippen LogP) is 4.01. The van der Waals surface area contributed by atoms with Crippen LogP contribution in [-0.4, -0.2) is 36.0 Å². The van der Waals surface area contributed by atoms with Crippen LogP contribution in [0.3, 0.4) is 0 Å². The summed E-state index contributed by atoms with van der Waals surface area (Å²) < 4.78 is 11.6. The van der Waals surface area contributed by atoms with Gasteiger partial charge in [-0.15, -0.1) is 0 Å². The van der Waals surface area contributed by atoms with E-state index in [9.17, 15) is 14.4 Å². The van der Waals surface area contributed by atoms with Crippen LogP contribution in [0.25, 0.3) is 0 Å². The van der Waals surface area contributed by atoms with Crippen LogP contribution in [0.15, 0.2) is 18.2 Å². The molecule has 1 aromatic carbocycles. The number of aryl methyl sites for hydroxylation is 1. The smallest absolute Gasteiger partial charge is 0.328 e. The van der Waals surface area contributed by atoms with Crippen molar-refractivity contribution in [1.82, 2.24) is 5.32 Å². The number of carbonyl (C=O) groups is 3. The van der Waals surface area contributed by atoms with Gasteiger partial charge in [0.1, 0.15) is 23.9 Å². The minimum absolute atomic E-state index is 0.0331. The van der Waals surface area contributed by atoms with E-state index in [1.807, 2.05) is 26.0 Å². The molecule has 7 heteroatoms. The molecule has 0 aromatic heterocycles. The molecular weight excluding hydrogens is 444 g/mol. The summed E-state index contributed by atoms with van der Waals surface area (Å²) in [6.45, 7) is 7.48. The first-order valence-electron chi connectivity index (χ1n) is 13.3. The van der Waals surface area contributed by atoms with Crippen molar-refractivity contribution in [2.24, 2.45) is 23.0 Å². The number of nitrogens with one attached hydrogen (secondary N) is 1. The number of hydrogen-bond donors (Lipinski definition) is 2. The van der Waals surface area contributed by atoms with Crippen LogP contribution in [-0.2, 0) is 25.5 Å². The Morgan fingerprint density at radius 3 is 2.57 bits per heavy atom. The third kappa shape index (κ3) is 4.97. The summed E-state index contributed by atoms with van der Waals surface area (Å²) in [5, 5.41) is 2.72. The fourth-order valence-corrected chi connectivity index (χ4v) is 6.92. The van der Waals surface area contributed by atoms with Gasteiger partial charge < -0.3 is 20.5 Å². The van der Waals surface area contributed by atoms with E-state index in [4.69, 9.17) is 15.2 Å². The van der Waals surface area contributed by atoms with Crippen LogP contribution >= 0.6 is 0 Å². The van der Waals surface area contributed by atoms with Crippen molar-refractivity contribution in [1.29, 1.82) is 0 Å². The minimum Gasteiger partial charge on any atom is -0.460 e. The molecule has 0 aliphatic heterocycles. The third-order valence-electron chi connectivity index (χ3n) is 8.90. The maximum atomic E-state index is 12.8. The van der Waals surface area contributed by atoms with Crippen LogP contribution in [0, 0.1) is 17.3 Å². The van der Waals surface area contributed by atoms with Gasteiger partial charge in [-0.25, -0.2) is 9.59 Å². The van der Waals surface area contributed by atoms with Gasteiger partial charge in [0.2, 0.25) is 5.91 Å². The zero-order valence-corrected chi connectivity index (χ0v) is 21.5. The van der Waals surface area contributed by atoms with E-state index < -0.39 is 12.1 Å². The monoisotopic (exact) mass is 484 g/mol. The Bertz CT molecular complexity index is 978. The first-order chi connectivity index (χ1) is 16.7. The molecule has 3 aliphatic rings. The quantitative estimate of drug-likeness (QED) is 0.447. The number of fused-ring (bicyclic) bond motifs is 5. The summed E-state index contributed by atoms with van der Waals surface area (Å²) >= 11 is 0. The Hall–Kier alpha value is -2.41. The average Bonchev–Trinajstić information content (AvgIpc) is 3.17. The van der Waals surface area contributed by atoms with Gasteiger partial charge >= 0.3 is 11.9 Å². The molecule has 1 aromatic rings. The Labute approximate surface area is 208 Å². The summed E-state index contributed by atoms with van der Waals surface area (Å²) in [5.74, 6) is 1.22. The minimum atomic E-state index is -0.596. The lowest BCUT2D eigenvalue weighted by Crippen LogP contribution is -2.47. The summed E-state index contributed by atoms with van der Waals surface area (Å²) in [5.41, 5.74) is 8.43. The summed E-state index contributed by atoms with van der Waals surface area (Å²) in [4.78, 5) is 36.4. The van der Waals surface area contributed by atoms with Crippen molar-refractivity contribution in [2.45, 2.75) is 103 Å². The molecule has 3 aliphatic carbocycles. The number of nitrogens with two attached hydrogens (primary N) is 1. The Kier molecular flexibility index (Phi) is 7.55. The maximum absolute atomic E-state index is 12.8. The van der Waals surface area contributed by atoms with E-state index >= 15 is 0 Å². The van der Waals surface area contributed by atoms with Crippen molar-refractivity contribution in [3.05, 3.63) is 29.3 Å². The number of carbonyl (C=O) groups excluding carboxylic acids is 3. The molecule has 2 saturated carbocycles. The van der Waals surface area contributed by atoms with Crippen LogP contribution in [0.4, 0.5) is 0 Å². The third-order valence-corrected chi connectivity index (χ3v) is 8.90. The van der Waals surface area contributed by atoms with Crippen molar-refractivity contribution in [3.8, 4) is 5.75 Å². The second kappa shape index (κ2) is 10.3. The molecule has 2 fully saturated rings. The molecule has 1 amide bonds. The number of benzene rings is 1. The molecule has 4 rings (SSSR count). The molecule has 5 unspecified atom stereocenters. The highest BCUT2D eigenvalue weighted by Crippen LogP contribution is 2.61. The molecule has 35 heavy (non-hydrogen) atoms. The fraction of sp³-hybridized carbons (Fsp3) is 0.679.